The molecule has 1 heterocycles. The Kier molecular flexibility index (Phi) is 7.10. The number of carbonyl (C=O) groups excluding carboxylic acids is 1. The molecule has 1 atom stereocenters. The van der Waals surface area contributed by atoms with E-state index in [1.165, 1.54) is 10.4 Å². The van der Waals surface area contributed by atoms with Gasteiger partial charge in [-0.2, -0.15) is 0 Å². The summed E-state index contributed by atoms with van der Waals surface area (Å²) in [5.74, 6) is 0. The molecule has 1 aromatic carbocycles. The first kappa shape index (κ1) is 17.5. The Balaban J connectivity index is 1.80. The smallest absolute Gasteiger partial charge is 0.315 e. The predicted molar refractivity (Wildman–Crippen MR) is 97.0 cm³/mol. The standard InChI is InChI=1S/C18H25N3OS/c1-21(2)14-16(13-15-7-4-3-5-8-15)20-18(22)19-11-10-17-9-6-12-23-17/h3-9,12,16H,10-11,13-14H2,1-2H3,(H2,19,20,22)/t16-/m0/s1. The van der Waals surface area contributed by atoms with Crippen molar-refractivity contribution in [1.82, 2.24) is 15.5 Å². The van der Waals surface area contributed by atoms with Gasteiger partial charge in [0.2, 0.25) is 0 Å². The highest BCUT2D eigenvalue weighted by Gasteiger charge is 2.13. The van der Waals surface area contributed by atoms with Crippen LogP contribution in [-0.4, -0.2) is 44.2 Å². The third-order valence-corrected chi connectivity index (χ3v) is 4.42. The van der Waals surface area contributed by atoms with Crippen LogP contribution in [0.4, 0.5) is 4.79 Å². The lowest BCUT2D eigenvalue weighted by Gasteiger charge is -2.22. The van der Waals surface area contributed by atoms with Gasteiger partial charge < -0.3 is 15.5 Å². The van der Waals surface area contributed by atoms with Crippen LogP contribution < -0.4 is 10.6 Å². The first-order valence-corrected chi connectivity index (χ1v) is 8.77. The number of urea groups is 1. The van der Waals surface area contributed by atoms with Gasteiger partial charge in [0.1, 0.15) is 0 Å². The predicted octanol–water partition coefficient (Wildman–Crippen LogP) is 2.76. The Bertz CT molecular complexity index is 569. The lowest BCUT2D eigenvalue weighted by Crippen LogP contribution is -2.47. The quantitative estimate of drug-likeness (QED) is 0.781. The Morgan fingerprint density at radius 2 is 1.96 bits per heavy atom. The molecule has 0 saturated heterocycles. The van der Waals surface area contributed by atoms with Gasteiger partial charge in [-0.15, -0.1) is 11.3 Å². The fourth-order valence-electron chi connectivity index (χ4n) is 2.49. The second-order valence-corrected chi connectivity index (χ2v) is 6.91. The van der Waals surface area contributed by atoms with Crippen molar-refractivity contribution in [2.75, 3.05) is 27.2 Å². The third-order valence-electron chi connectivity index (χ3n) is 3.48. The van der Waals surface area contributed by atoms with Crippen molar-refractivity contribution < 1.29 is 4.79 Å². The second kappa shape index (κ2) is 9.33. The van der Waals surface area contributed by atoms with E-state index in [4.69, 9.17) is 0 Å². The fraction of sp³-hybridized carbons (Fsp3) is 0.389. The van der Waals surface area contributed by atoms with Gasteiger partial charge in [-0.3, -0.25) is 0 Å². The highest BCUT2D eigenvalue weighted by Crippen LogP contribution is 2.08. The van der Waals surface area contributed by atoms with Crippen molar-refractivity contribution in [1.29, 1.82) is 0 Å². The number of carbonyl (C=O) groups is 1. The fourth-order valence-corrected chi connectivity index (χ4v) is 3.20. The van der Waals surface area contributed by atoms with Gasteiger partial charge in [-0.1, -0.05) is 36.4 Å². The zero-order valence-corrected chi connectivity index (χ0v) is 14.6. The van der Waals surface area contributed by atoms with E-state index in [0.29, 0.717) is 6.54 Å². The maximum atomic E-state index is 12.1. The summed E-state index contributed by atoms with van der Waals surface area (Å²) in [5.41, 5.74) is 1.23. The Morgan fingerprint density at radius 1 is 1.17 bits per heavy atom. The van der Waals surface area contributed by atoms with Crippen molar-refractivity contribution in [3.05, 3.63) is 58.3 Å². The number of nitrogens with zero attached hydrogens (tertiary/aromatic N) is 1. The molecule has 0 aliphatic carbocycles. The number of hydrogen-bond donors (Lipinski definition) is 2. The van der Waals surface area contributed by atoms with Crippen LogP contribution in [0.5, 0.6) is 0 Å². The van der Waals surface area contributed by atoms with Crippen LogP contribution in [0.3, 0.4) is 0 Å². The molecular weight excluding hydrogens is 306 g/mol. The van der Waals surface area contributed by atoms with Crippen molar-refractivity contribution in [2.24, 2.45) is 0 Å². The first-order valence-electron chi connectivity index (χ1n) is 7.89. The highest BCUT2D eigenvalue weighted by molar-refractivity contribution is 7.09. The number of amides is 2. The van der Waals surface area contributed by atoms with E-state index in [0.717, 1.165) is 19.4 Å². The van der Waals surface area contributed by atoms with E-state index < -0.39 is 0 Å². The minimum atomic E-state index is -0.0932. The van der Waals surface area contributed by atoms with Gasteiger partial charge in [0.15, 0.2) is 0 Å². The van der Waals surface area contributed by atoms with Crippen LogP contribution in [0.2, 0.25) is 0 Å². The Hall–Kier alpha value is -1.85. The molecule has 0 unspecified atom stereocenters. The van der Waals surface area contributed by atoms with Gasteiger partial charge in [0.05, 0.1) is 0 Å². The molecule has 0 fully saturated rings. The van der Waals surface area contributed by atoms with Gasteiger partial charge in [-0.25, -0.2) is 4.79 Å². The minimum Gasteiger partial charge on any atom is -0.338 e. The molecule has 23 heavy (non-hydrogen) atoms. The van der Waals surface area contributed by atoms with E-state index in [-0.39, 0.29) is 12.1 Å². The molecule has 2 amide bonds. The van der Waals surface area contributed by atoms with Crippen LogP contribution in [-0.2, 0) is 12.8 Å². The van der Waals surface area contributed by atoms with Gasteiger partial charge in [0, 0.05) is 24.0 Å². The monoisotopic (exact) mass is 331 g/mol. The maximum absolute atomic E-state index is 12.1. The van der Waals surface area contributed by atoms with Crippen molar-refractivity contribution in [2.45, 2.75) is 18.9 Å². The lowest BCUT2D eigenvalue weighted by atomic mass is 10.1. The Labute approximate surface area is 142 Å². The molecule has 0 spiro atoms. The van der Waals surface area contributed by atoms with E-state index >= 15 is 0 Å². The number of hydrogen-bond acceptors (Lipinski definition) is 3. The van der Waals surface area contributed by atoms with Crippen LogP contribution in [0.1, 0.15) is 10.4 Å². The van der Waals surface area contributed by atoms with Gasteiger partial charge in [-0.05, 0) is 43.9 Å². The molecule has 0 aliphatic heterocycles. The van der Waals surface area contributed by atoms with Gasteiger partial charge in [0.25, 0.3) is 0 Å². The summed E-state index contributed by atoms with van der Waals surface area (Å²) >= 11 is 1.72. The number of thiophene rings is 1. The summed E-state index contributed by atoms with van der Waals surface area (Å²) in [4.78, 5) is 15.5. The molecule has 0 radical (unpaired) electrons. The third kappa shape index (κ3) is 6.84. The van der Waals surface area contributed by atoms with Crippen molar-refractivity contribution in [3.63, 3.8) is 0 Å². The molecular formula is C18H25N3OS. The summed E-state index contributed by atoms with van der Waals surface area (Å²) in [7, 11) is 4.04. The van der Waals surface area contributed by atoms with Crippen LogP contribution in [0.25, 0.3) is 0 Å². The Morgan fingerprint density at radius 3 is 2.61 bits per heavy atom. The average Bonchev–Trinajstić information content (AvgIpc) is 3.01. The second-order valence-electron chi connectivity index (χ2n) is 5.88. The highest BCUT2D eigenvalue weighted by atomic mass is 32.1. The van der Waals surface area contributed by atoms with Crippen LogP contribution >= 0.6 is 11.3 Å². The summed E-state index contributed by atoms with van der Waals surface area (Å²) in [6.45, 7) is 1.47. The van der Waals surface area contributed by atoms with E-state index in [1.54, 1.807) is 11.3 Å². The zero-order valence-electron chi connectivity index (χ0n) is 13.8. The van der Waals surface area contributed by atoms with E-state index in [1.807, 2.05) is 38.4 Å². The summed E-state index contributed by atoms with van der Waals surface area (Å²) in [6.07, 6.45) is 1.71. The van der Waals surface area contributed by atoms with Gasteiger partial charge >= 0.3 is 6.03 Å². The molecule has 2 rings (SSSR count). The van der Waals surface area contributed by atoms with Crippen LogP contribution in [0.15, 0.2) is 47.8 Å². The van der Waals surface area contributed by atoms with E-state index in [9.17, 15) is 4.79 Å². The summed E-state index contributed by atoms with van der Waals surface area (Å²) in [6, 6.07) is 14.4. The first-order chi connectivity index (χ1) is 11.1. The number of likely N-dealkylation sites (N-methyl/N-ethyl adjacent to an activating group) is 1. The molecule has 0 saturated carbocycles. The molecule has 1 aromatic heterocycles. The largest absolute Gasteiger partial charge is 0.338 e. The molecule has 0 aliphatic rings. The SMILES string of the molecule is CN(C)C[C@H](Cc1ccccc1)NC(=O)NCCc1cccs1. The normalized spacial score (nSPS) is 12.1. The average molecular weight is 331 g/mol. The number of rotatable bonds is 8. The molecule has 5 heteroatoms. The molecule has 4 nitrogen and oxygen atoms in total. The van der Waals surface area contributed by atoms with Crippen LogP contribution in [0, 0.1) is 0 Å². The van der Waals surface area contributed by atoms with Crippen molar-refractivity contribution >= 4 is 17.4 Å². The topological polar surface area (TPSA) is 44.4 Å². The molecule has 2 N–H and O–H groups in total. The zero-order chi connectivity index (χ0) is 16.5. The number of benzene rings is 1. The molecule has 2 aromatic rings. The molecule has 124 valence electrons. The minimum absolute atomic E-state index is 0.0918. The summed E-state index contributed by atoms with van der Waals surface area (Å²) in [5, 5.41) is 8.10. The van der Waals surface area contributed by atoms with E-state index in [2.05, 4.69) is 39.1 Å². The molecule has 0 bridgehead atoms. The summed E-state index contributed by atoms with van der Waals surface area (Å²) < 4.78 is 0. The maximum Gasteiger partial charge on any atom is 0.315 e. The van der Waals surface area contributed by atoms with Crippen molar-refractivity contribution in [3.8, 4) is 0 Å². The number of nitrogens with one attached hydrogen (secondary N) is 2. The lowest BCUT2D eigenvalue weighted by molar-refractivity contribution is 0.232.